The molecule has 0 spiro atoms. The standard InChI is InChI=1S/C22H36N4O2/c1-18-21(24-8-11-25-9-2-3-10-25)15-20(28-17-19-5-4-14-27-19)16-22(18)26-12-6-23-7-13-26/h15-16,19,23-24H,2-14,17H2,1H3. The molecule has 28 heavy (non-hydrogen) atoms. The van der Waals surface area contributed by atoms with E-state index in [1.807, 2.05) is 0 Å². The van der Waals surface area contributed by atoms with E-state index in [1.165, 1.54) is 42.9 Å². The van der Waals surface area contributed by atoms with Crippen LogP contribution in [-0.2, 0) is 4.74 Å². The molecule has 3 heterocycles. The molecule has 0 bridgehead atoms. The average molecular weight is 389 g/mol. The van der Waals surface area contributed by atoms with Gasteiger partial charge in [0.2, 0.25) is 0 Å². The molecular formula is C22H36N4O2. The molecular weight excluding hydrogens is 352 g/mol. The lowest BCUT2D eigenvalue weighted by molar-refractivity contribution is 0.0680. The fourth-order valence-electron chi connectivity index (χ4n) is 4.49. The summed E-state index contributed by atoms with van der Waals surface area (Å²) in [5.74, 6) is 0.957. The van der Waals surface area contributed by atoms with Gasteiger partial charge in [-0.2, -0.15) is 0 Å². The van der Waals surface area contributed by atoms with Gasteiger partial charge in [0.25, 0.3) is 0 Å². The third kappa shape index (κ3) is 5.10. The van der Waals surface area contributed by atoms with Crippen molar-refractivity contribution in [1.82, 2.24) is 10.2 Å². The summed E-state index contributed by atoms with van der Waals surface area (Å²) >= 11 is 0. The van der Waals surface area contributed by atoms with Crippen LogP contribution in [0.5, 0.6) is 5.75 Å². The highest BCUT2D eigenvalue weighted by Crippen LogP contribution is 2.33. The second-order valence-electron chi connectivity index (χ2n) is 8.27. The van der Waals surface area contributed by atoms with Gasteiger partial charge in [-0.15, -0.1) is 0 Å². The molecule has 0 saturated carbocycles. The van der Waals surface area contributed by atoms with Crippen LogP contribution in [0.4, 0.5) is 11.4 Å². The SMILES string of the molecule is Cc1c(NCCN2CCCC2)cc(OCC2CCCO2)cc1N1CCNCC1. The Balaban J connectivity index is 1.45. The van der Waals surface area contributed by atoms with Crippen LogP contribution in [0.2, 0.25) is 0 Å². The largest absolute Gasteiger partial charge is 0.491 e. The number of hydrogen-bond acceptors (Lipinski definition) is 6. The summed E-state index contributed by atoms with van der Waals surface area (Å²) in [6.07, 6.45) is 5.20. The number of ether oxygens (including phenoxy) is 2. The van der Waals surface area contributed by atoms with E-state index in [0.717, 1.165) is 64.5 Å². The summed E-state index contributed by atoms with van der Waals surface area (Å²) in [6.45, 7) is 12.5. The molecule has 3 fully saturated rings. The molecule has 3 aliphatic rings. The van der Waals surface area contributed by atoms with Crippen LogP contribution in [0.25, 0.3) is 0 Å². The first-order chi connectivity index (χ1) is 13.8. The van der Waals surface area contributed by atoms with Gasteiger partial charge in [-0.25, -0.2) is 0 Å². The van der Waals surface area contributed by atoms with Crippen molar-refractivity contribution >= 4 is 11.4 Å². The highest BCUT2D eigenvalue weighted by atomic mass is 16.5. The first kappa shape index (κ1) is 19.8. The molecule has 1 atom stereocenters. The molecule has 0 amide bonds. The number of anilines is 2. The van der Waals surface area contributed by atoms with Crippen molar-refractivity contribution in [3.63, 3.8) is 0 Å². The minimum Gasteiger partial charge on any atom is -0.491 e. The molecule has 0 radical (unpaired) electrons. The highest BCUT2D eigenvalue weighted by Gasteiger charge is 2.19. The van der Waals surface area contributed by atoms with Crippen LogP contribution >= 0.6 is 0 Å². The molecule has 2 N–H and O–H groups in total. The lowest BCUT2D eigenvalue weighted by atomic mass is 10.1. The van der Waals surface area contributed by atoms with Gasteiger partial charge in [0.05, 0.1) is 6.10 Å². The van der Waals surface area contributed by atoms with Crippen LogP contribution in [0, 0.1) is 6.92 Å². The zero-order valence-electron chi connectivity index (χ0n) is 17.3. The van der Waals surface area contributed by atoms with E-state index in [2.05, 4.69) is 39.5 Å². The predicted molar refractivity (Wildman–Crippen MR) is 115 cm³/mol. The summed E-state index contributed by atoms with van der Waals surface area (Å²) in [5, 5.41) is 7.14. The molecule has 4 rings (SSSR count). The summed E-state index contributed by atoms with van der Waals surface area (Å²) in [7, 11) is 0. The summed E-state index contributed by atoms with van der Waals surface area (Å²) in [6, 6.07) is 4.40. The van der Waals surface area contributed by atoms with Gasteiger partial charge in [0.1, 0.15) is 12.4 Å². The number of rotatable bonds is 8. The van der Waals surface area contributed by atoms with Crippen molar-refractivity contribution in [2.24, 2.45) is 0 Å². The highest BCUT2D eigenvalue weighted by molar-refractivity contribution is 5.69. The Kier molecular flexibility index (Phi) is 6.94. The Morgan fingerprint density at radius 3 is 2.71 bits per heavy atom. The molecule has 3 aliphatic heterocycles. The second kappa shape index (κ2) is 9.81. The minimum absolute atomic E-state index is 0.246. The normalized spacial score (nSPS) is 23.3. The number of benzene rings is 1. The fraction of sp³-hybridized carbons (Fsp3) is 0.727. The smallest absolute Gasteiger partial charge is 0.123 e. The molecule has 6 heteroatoms. The zero-order chi connectivity index (χ0) is 19.2. The van der Waals surface area contributed by atoms with Crippen LogP contribution in [-0.4, -0.2) is 76.6 Å². The molecule has 0 aromatic heterocycles. The quantitative estimate of drug-likeness (QED) is 0.714. The Bertz CT molecular complexity index is 621. The van der Waals surface area contributed by atoms with Gasteiger partial charge in [-0.3, -0.25) is 0 Å². The van der Waals surface area contributed by atoms with E-state index in [1.54, 1.807) is 0 Å². The maximum Gasteiger partial charge on any atom is 0.123 e. The topological polar surface area (TPSA) is 49.0 Å². The Hall–Kier alpha value is -1.50. The number of nitrogens with one attached hydrogen (secondary N) is 2. The van der Waals surface area contributed by atoms with Crippen molar-refractivity contribution in [3.8, 4) is 5.75 Å². The second-order valence-corrected chi connectivity index (χ2v) is 8.27. The fourth-order valence-corrected chi connectivity index (χ4v) is 4.49. The summed E-state index contributed by atoms with van der Waals surface area (Å²) in [5.41, 5.74) is 3.83. The molecule has 6 nitrogen and oxygen atoms in total. The van der Waals surface area contributed by atoms with Crippen molar-refractivity contribution in [3.05, 3.63) is 17.7 Å². The van der Waals surface area contributed by atoms with Crippen LogP contribution in [0.15, 0.2) is 12.1 Å². The Morgan fingerprint density at radius 2 is 1.96 bits per heavy atom. The maximum atomic E-state index is 6.18. The van der Waals surface area contributed by atoms with E-state index < -0.39 is 0 Å². The monoisotopic (exact) mass is 388 g/mol. The van der Waals surface area contributed by atoms with Gasteiger partial charge in [0.15, 0.2) is 0 Å². The van der Waals surface area contributed by atoms with Crippen LogP contribution in [0.3, 0.4) is 0 Å². The van der Waals surface area contributed by atoms with Crippen LogP contribution in [0.1, 0.15) is 31.2 Å². The lowest BCUT2D eigenvalue weighted by Crippen LogP contribution is -2.43. The molecule has 0 aliphatic carbocycles. The van der Waals surface area contributed by atoms with Crippen LogP contribution < -0.4 is 20.3 Å². The van der Waals surface area contributed by atoms with E-state index in [-0.39, 0.29) is 6.10 Å². The molecule has 1 unspecified atom stereocenters. The van der Waals surface area contributed by atoms with Gasteiger partial charge >= 0.3 is 0 Å². The Morgan fingerprint density at radius 1 is 1.14 bits per heavy atom. The number of nitrogens with zero attached hydrogens (tertiary/aromatic N) is 2. The number of likely N-dealkylation sites (tertiary alicyclic amines) is 1. The molecule has 156 valence electrons. The zero-order valence-corrected chi connectivity index (χ0v) is 17.3. The molecule has 3 saturated heterocycles. The average Bonchev–Trinajstić information content (AvgIpc) is 3.43. The van der Waals surface area contributed by atoms with Gasteiger partial charge in [-0.1, -0.05) is 0 Å². The van der Waals surface area contributed by atoms with E-state index in [4.69, 9.17) is 9.47 Å². The van der Waals surface area contributed by atoms with E-state index in [9.17, 15) is 0 Å². The predicted octanol–water partition coefficient (Wildman–Crippen LogP) is 2.47. The number of hydrogen-bond donors (Lipinski definition) is 2. The first-order valence-electron chi connectivity index (χ1n) is 11.1. The van der Waals surface area contributed by atoms with Crippen molar-refractivity contribution in [2.45, 2.75) is 38.7 Å². The van der Waals surface area contributed by atoms with Crippen molar-refractivity contribution in [1.29, 1.82) is 0 Å². The van der Waals surface area contributed by atoms with Crippen molar-refractivity contribution < 1.29 is 9.47 Å². The van der Waals surface area contributed by atoms with Gasteiger partial charge in [0, 0.05) is 69.4 Å². The van der Waals surface area contributed by atoms with Gasteiger partial charge < -0.3 is 29.9 Å². The van der Waals surface area contributed by atoms with E-state index in [0.29, 0.717) is 6.61 Å². The third-order valence-electron chi connectivity index (χ3n) is 6.21. The summed E-state index contributed by atoms with van der Waals surface area (Å²) in [4.78, 5) is 5.04. The van der Waals surface area contributed by atoms with Crippen molar-refractivity contribution in [2.75, 3.05) is 75.8 Å². The van der Waals surface area contributed by atoms with Gasteiger partial charge in [-0.05, 0) is 51.3 Å². The third-order valence-corrected chi connectivity index (χ3v) is 6.21. The summed E-state index contributed by atoms with van der Waals surface area (Å²) < 4.78 is 11.9. The first-order valence-corrected chi connectivity index (χ1v) is 11.1. The molecule has 1 aromatic carbocycles. The molecule has 1 aromatic rings. The minimum atomic E-state index is 0.246. The lowest BCUT2D eigenvalue weighted by Gasteiger charge is -2.32. The van der Waals surface area contributed by atoms with E-state index >= 15 is 0 Å². The maximum absolute atomic E-state index is 6.18. The Labute approximate surface area is 169 Å². The number of piperazine rings is 1.